The Balaban J connectivity index is 1.58. The fraction of sp³-hybridized carbons (Fsp3) is 0.375. The first-order chi connectivity index (χ1) is 17.3. The highest BCUT2D eigenvalue weighted by atomic mass is 19.3. The number of nitrogens with two attached hydrogens (primary N) is 1. The van der Waals surface area contributed by atoms with Gasteiger partial charge in [-0.1, -0.05) is 24.3 Å². The van der Waals surface area contributed by atoms with Gasteiger partial charge in [0, 0.05) is 37.8 Å². The van der Waals surface area contributed by atoms with Gasteiger partial charge in [-0.3, -0.25) is 14.6 Å². The molecule has 4 rings (SSSR count). The molecule has 0 bridgehead atoms. The molecule has 0 spiro atoms. The molecule has 1 aromatic heterocycles. The summed E-state index contributed by atoms with van der Waals surface area (Å²) in [5.41, 5.74) is 4.78. The number of fused-ring (bicyclic) bond motifs is 1. The Labute approximate surface area is 205 Å². The summed E-state index contributed by atoms with van der Waals surface area (Å²) in [5.74, 6) is -0.796. The quantitative estimate of drug-likeness (QED) is 0.559. The molecule has 10 nitrogen and oxygen atoms in total. The molecule has 3 heterocycles. The molecule has 2 atom stereocenters. The number of halogens is 2. The third-order valence-corrected chi connectivity index (χ3v) is 6.03. The van der Waals surface area contributed by atoms with Crippen LogP contribution in [0.3, 0.4) is 0 Å². The summed E-state index contributed by atoms with van der Waals surface area (Å²) >= 11 is 0. The molecule has 0 saturated carbocycles. The van der Waals surface area contributed by atoms with Gasteiger partial charge < -0.3 is 20.1 Å². The number of pyridine rings is 1. The van der Waals surface area contributed by atoms with Crippen LogP contribution in [-0.2, 0) is 20.7 Å². The van der Waals surface area contributed by atoms with Crippen LogP contribution in [0.2, 0.25) is 0 Å². The van der Waals surface area contributed by atoms with Crippen LogP contribution in [0.15, 0.2) is 59.8 Å². The highest BCUT2D eigenvalue weighted by Gasteiger charge is 2.55. The predicted octanol–water partition coefficient (Wildman–Crippen LogP) is 1.85. The molecule has 1 unspecified atom stereocenters. The van der Waals surface area contributed by atoms with Crippen LogP contribution in [0.1, 0.15) is 12.1 Å². The standard InChI is InChI=1S/C24H25F2N5O5/c25-20(26)13-31-22(33)24(12-16-6-4-5-10-28-16)15-30(11-9-19(24)29-31)21(32)18(36-23(27)34)14-35-17-7-2-1-3-8-17/h1-8,10,18,20H,9,11-15H2,(H2,27,34)/t18?,24-/m1/s1. The number of primary amides is 1. The molecule has 2 aliphatic rings. The SMILES string of the molecule is NC(=O)OC(COc1ccccc1)C(=O)N1CCC2=NN(CC(F)F)C(=O)[C@]2(Cc2ccccn2)C1. The molecule has 0 aliphatic carbocycles. The molecule has 3 amide bonds. The maximum Gasteiger partial charge on any atom is 0.405 e. The van der Waals surface area contributed by atoms with E-state index >= 15 is 0 Å². The first-order valence-electron chi connectivity index (χ1n) is 11.3. The lowest BCUT2D eigenvalue weighted by atomic mass is 9.74. The first-order valence-corrected chi connectivity index (χ1v) is 11.3. The van der Waals surface area contributed by atoms with Gasteiger partial charge in [-0.25, -0.2) is 18.6 Å². The van der Waals surface area contributed by atoms with Crippen LogP contribution in [0.5, 0.6) is 5.75 Å². The lowest BCUT2D eigenvalue weighted by molar-refractivity contribution is -0.147. The second kappa shape index (κ2) is 10.7. The summed E-state index contributed by atoms with van der Waals surface area (Å²) in [6.07, 6.45) is -3.51. The van der Waals surface area contributed by atoms with Gasteiger partial charge in [0.05, 0.1) is 5.71 Å². The van der Waals surface area contributed by atoms with Crippen LogP contribution in [-0.4, -0.2) is 77.3 Å². The van der Waals surface area contributed by atoms with Crippen LogP contribution < -0.4 is 10.5 Å². The average Bonchev–Trinajstić information content (AvgIpc) is 3.12. The van der Waals surface area contributed by atoms with Crippen molar-refractivity contribution in [1.82, 2.24) is 14.9 Å². The smallest absolute Gasteiger partial charge is 0.405 e. The number of carbonyl (C=O) groups excluding carboxylic acids is 3. The monoisotopic (exact) mass is 501 g/mol. The van der Waals surface area contributed by atoms with Crippen molar-refractivity contribution in [2.24, 2.45) is 16.3 Å². The maximum atomic E-state index is 13.4. The number of amides is 3. The fourth-order valence-electron chi connectivity index (χ4n) is 4.43. The average molecular weight is 501 g/mol. The van der Waals surface area contributed by atoms with Crippen molar-refractivity contribution in [2.75, 3.05) is 26.2 Å². The van der Waals surface area contributed by atoms with Gasteiger partial charge in [-0.2, -0.15) is 5.10 Å². The van der Waals surface area contributed by atoms with Crippen molar-refractivity contribution < 1.29 is 32.6 Å². The zero-order valence-corrected chi connectivity index (χ0v) is 19.3. The van der Waals surface area contributed by atoms with Gasteiger partial charge in [-0.05, 0) is 24.3 Å². The van der Waals surface area contributed by atoms with Gasteiger partial charge in [-0.15, -0.1) is 0 Å². The highest BCUT2D eigenvalue weighted by Crippen LogP contribution is 2.38. The normalized spacial score (nSPS) is 20.1. The number of nitrogens with zero attached hydrogens (tertiary/aromatic N) is 4. The number of hydrogen-bond acceptors (Lipinski definition) is 7. The second-order valence-corrected chi connectivity index (χ2v) is 8.46. The number of hydrazone groups is 1. The number of rotatable bonds is 9. The Kier molecular flexibility index (Phi) is 7.41. The number of likely N-dealkylation sites (tertiary alicyclic amines) is 1. The van der Waals surface area contributed by atoms with Crippen molar-refractivity contribution in [1.29, 1.82) is 0 Å². The third kappa shape index (κ3) is 5.42. The van der Waals surface area contributed by atoms with Gasteiger partial charge >= 0.3 is 6.09 Å². The van der Waals surface area contributed by atoms with E-state index < -0.39 is 42.4 Å². The minimum absolute atomic E-state index is 0.0664. The lowest BCUT2D eigenvalue weighted by Crippen LogP contribution is -2.58. The van der Waals surface area contributed by atoms with Gasteiger partial charge in [0.1, 0.15) is 24.3 Å². The van der Waals surface area contributed by atoms with Crippen LogP contribution in [0.25, 0.3) is 0 Å². The Hall–Kier alpha value is -4.09. The number of piperidine rings is 1. The number of carbonyl (C=O) groups is 3. The summed E-state index contributed by atoms with van der Waals surface area (Å²) in [6, 6.07) is 13.8. The number of benzene rings is 1. The lowest BCUT2D eigenvalue weighted by Gasteiger charge is -2.40. The molecule has 1 saturated heterocycles. The molecule has 1 fully saturated rings. The molecule has 0 radical (unpaired) electrons. The van der Waals surface area contributed by atoms with E-state index in [0.29, 0.717) is 17.2 Å². The molecule has 2 N–H and O–H groups in total. The van der Waals surface area contributed by atoms with Crippen LogP contribution >= 0.6 is 0 Å². The second-order valence-electron chi connectivity index (χ2n) is 8.46. The number of ether oxygens (including phenoxy) is 2. The van der Waals surface area contributed by atoms with Crippen molar-refractivity contribution in [3.05, 3.63) is 60.4 Å². The molecule has 2 aromatic rings. The van der Waals surface area contributed by atoms with Crippen molar-refractivity contribution in [3.63, 3.8) is 0 Å². The zero-order chi connectivity index (χ0) is 25.7. The highest BCUT2D eigenvalue weighted by molar-refractivity contribution is 6.13. The third-order valence-electron chi connectivity index (χ3n) is 6.03. The van der Waals surface area contributed by atoms with Crippen LogP contribution in [0, 0.1) is 5.41 Å². The maximum absolute atomic E-state index is 13.4. The summed E-state index contributed by atoms with van der Waals surface area (Å²) < 4.78 is 36.9. The van der Waals surface area contributed by atoms with Gasteiger partial charge in [0.25, 0.3) is 18.2 Å². The number of hydrogen-bond donors (Lipinski definition) is 1. The van der Waals surface area contributed by atoms with Gasteiger partial charge in [0.2, 0.25) is 6.10 Å². The summed E-state index contributed by atoms with van der Waals surface area (Å²) in [4.78, 5) is 44.0. The van der Waals surface area contributed by atoms with E-state index in [9.17, 15) is 23.2 Å². The molecular formula is C24H25F2N5O5. The fourth-order valence-corrected chi connectivity index (χ4v) is 4.43. The Morgan fingerprint density at radius 1 is 1.14 bits per heavy atom. The molecule has 190 valence electrons. The zero-order valence-electron chi connectivity index (χ0n) is 19.3. The topological polar surface area (TPSA) is 127 Å². The number of para-hydroxylation sites is 1. The summed E-state index contributed by atoms with van der Waals surface area (Å²) in [5, 5.41) is 4.96. The van der Waals surface area contributed by atoms with E-state index in [2.05, 4.69) is 10.1 Å². The molecular weight excluding hydrogens is 476 g/mol. The number of aromatic nitrogens is 1. The predicted molar refractivity (Wildman–Crippen MR) is 123 cm³/mol. The van der Waals surface area contributed by atoms with Crippen LogP contribution in [0.4, 0.5) is 13.6 Å². The van der Waals surface area contributed by atoms with E-state index in [1.54, 1.807) is 54.7 Å². The minimum Gasteiger partial charge on any atom is -0.489 e. The molecule has 12 heteroatoms. The minimum atomic E-state index is -2.77. The molecule has 36 heavy (non-hydrogen) atoms. The summed E-state index contributed by atoms with van der Waals surface area (Å²) in [6.45, 7) is -1.16. The Bertz CT molecular complexity index is 1130. The largest absolute Gasteiger partial charge is 0.489 e. The Morgan fingerprint density at radius 2 is 1.89 bits per heavy atom. The van der Waals surface area contributed by atoms with E-state index in [4.69, 9.17) is 15.2 Å². The molecule has 2 aliphatic heterocycles. The van der Waals surface area contributed by atoms with E-state index in [0.717, 1.165) is 5.01 Å². The van der Waals surface area contributed by atoms with E-state index in [1.807, 2.05) is 0 Å². The van der Waals surface area contributed by atoms with E-state index in [1.165, 1.54) is 4.90 Å². The van der Waals surface area contributed by atoms with Crippen molar-refractivity contribution in [3.8, 4) is 5.75 Å². The van der Waals surface area contributed by atoms with Crippen molar-refractivity contribution in [2.45, 2.75) is 25.4 Å². The first kappa shape index (κ1) is 25.0. The number of alkyl halides is 2. The van der Waals surface area contributed by atoms with Crippen molar-refractivity contribution >= 4 is 23.6 Å². The Morgan fingerprint density at radius 3 is 2.56 bits per heavy atom. The summed E-state index contributed by atoms with van der Waals surface area (Å²) in [7, 11) is 0. The van der Waals surface area contributed by atoms with E-state index in [-0.39, 0.29) is 32.5 Å². The molecule has 1 aromatic carbocycles. The van der Waals surface area contributed by atoms with Gasteiger partial charge in [0.15, 0.2) is 0 Å².